The molecule has 6 nitrogen and oxygen atoms in total. The molecule has 0 N–H and O–H groups in total. The normalized spacial score (nSPS) is 17.4. The molecule has 0 radical (unpaired) electrons. The largest absolute Gasteiger partial charge is 0.376 e. The highest BCUT2D eigenvalue weighted by atomic mass is 32.2. The number of hydrogen-bond donors (Lipinski definition) is 0. The quantitative estimate of drug-likeness (QED) is 0.516. The zero-order valence-corrected chi connectivity index (χ0v) is 14.8. The first-order chi connectivity index (χ1) is 12.2. The molecule has 7 heteroatoms. The molecule has 0 bridgehead atoms. The molecule has 1 aromatic carbocycles. The van der Waals surface area contributed by atoms with E-state index < -0.39 is 0 Å². The lowest BCUT2D eigenvalue weighted by Crippen LogP contribution is -2.28. The van der Waals surface area contributed by atoms with E-state index in [0.29, 0.717) is 22.8 Å². The topological polar surface area (TPSA) is 70.2 Å². The molecular formula is C18H19N3O3S. The maximum Gasteiger partial charge on any atom is 0.262 e. The number of nitrogens with zero attached hydrogens (tertiary/aromatic N) is 3. The summed E-state index contributed by atoms with van der Waals surface area (Å²) in [5.41, 5.74) is 1.54. The van der Waals surface area contributed by atoms with Crippen molar-refractivity contribution in [3.8, 4) is 0 Å². The molecule has 1 saturated heterocycles. The molecule has 1 aliphatic heterocycles. The first-order valence-electron chi connectivity index (χ1n) is 8.37. The van der Waals surface area contributed by atoms with Gasteiger partial charge in [-0.2, -0.15) is 0 Å². The van der Waals surface area contributed by atoms with Crippen LogP contribution in [0.2, 0.25) is 0 Å². The molecule has 2 aromatic heterocycles. The van der Waals surface area contributed by atoms with Gasteiger partial charge >= 0.3 is 0 Å². The van der Waals surface area contributed by atoms with E-state index in [1.807, 2.05) is 37.3 Å². The van der Waals surface area contributed by atoms with Crippen molar-refractivity contribution < 1.29 is 9.26 Å². The second-order valence-electron chi connectivity index (χ2n) is 6.18. The van der Waals surface area contributed by atoms with Crippen molar-refractivity contribution in [3.63, 3.8) is 0 Å². The average Bonchev–Trinajstić information content (AvgIpc) is 3.27. The van der Waals surface area contributed by atoms with Gasteiger partial charge in [-0.15, -0.1) is 0 Å². The lowest BCUT2D eigenvalue weighted by molar-refractivity contribution is 0.0937. The number of para-hydroxylation sites is 1. The fraction of sp³-hybridized carbons (Fsp3) is 0.389. The lowest BCUT2D eigenvalue weighted by Gasteiger charge is -2.16. The summed E-state index contributed by atoms with van der Waals surface area (Å²) in [5.74, 6) is 1.38. The number of hydrogen-bond acceptors (Lipinski definition) is 6. The molecule has 25 heavy (non-hydrogen) atoms. The summed E-state index contributed by atoms with van der Waals surface area (Å²) in [6, 6.07) is 9.36. The Morgan fingerprint density at radius 1 is 1.36 bits per heavy atom. The summed E-state index contributed by atoms with van der Waals surface area (Å²) in [4.78, 5) is 17.7. The van der Waals surface area contributed by atoms with Gasteiger partial charge in [0.2, 0.25) is 0 Å². The Kier molecular flexibility index (Phi) is 4.59. The van der Waals surface area contributed by atoms with Crippen LogP contribution in [0.5, 0.6) is 0 Å². The molecule has 4 rings (SSSR count). The molecule has 1 unspecified atom stereocenters. The molecule has 1 atom stereocenters. The molecule has 0 amide bonds. The van der Waals surface area contributed by atoms with E-state index in [1.165, 1.54) is 11.8 Å². The number of fused-ring (bicyclic) bond motifs is 1. The lowest BCUT2D eigenvalue weighted by atomic mass is 10.2. The molecule has 0 aliphatic carbocycles. The average molecular weight is 357 g/mol. The Balaban J connectivity index is 1.70. The van der Waals surface area contributed by atoms with E-state index in [0.717, 1.165) is 36.4 Å². The van der Waals surface area contributed by atoms with Gasteiger partial charge < -0.3 is 9.26 Å². The second-order valence-corrected chi connectivity index (χ2v) is 7.12. The van der Waals surface area contributed by atoms with Crippen molar-refractivity contribution in [3.05, 3.63) is 52.1 Å². The predicted molar refractivity (Wildman–Crippen MR) is 95.8 cm³/mol. The van der Waals surface area contributed by atoms with E-state index in [1.54, 1.807) is 4.57 Å². The number of aromatic nitrogens is 3. The monoisotopic (exact) mass is 357 g/mol. The minimum Gasteiger partial charge on any atom is -0.376 e. The molecule has 3 heterocycles. The minimum atomic E-state index is -0.0140. The van der Waals surface area contributed by atoms with Crippen LogP contribution in [-0.2, 0) is 17.0 Å². The summed E-state index contributed by atoms with van der Waals surface area (Å²) < 4.78 is 12.6. The number of thioether (sulfide) groups is 1. The van der Waals surface area contributed by atoms with Crippen LogP contribution in [-0.4, -0.2) is 27.4 Å². The van der Waals surface area contributed by atoms with E-state index in [2.05, 4.69) is 5.16 Å². The molecule has 0 spiro atoms. The van der Waals surface area contributed by atoms with Crippen molar-refractivity contribution in [1.29, 1.82) is 0 Å². The van der Waals surface area contributed by atoms with E-state index in [9.17, 15) is 4.79 Å². The van der Waals surface area contributed by atoms with E-state index in [4.69, 9.17) is 14.2 Å². The summed E-state index contributed by atoms with van der Waals surface area (Å²) in [6.45, 7) is 3.17. The van der Waals surface area contributed by atoms with Crippen LogP contribution in [0.4, 0.5) is 0 Å². The summed E-state index contributed by atoms with van der Waals surface area (Å²) in [7, 11) is 0. The third-order valence-corrected chi connectivity index (χ3v) is 5.27. The van der Waals surface area contributed by atoms with Crippen LogP contribution in [0.3, 0.4) is 0 Å². The van der Waals surface area contributed by atoms with Crippen LogP contribution in [0.25, 0.3) is 10.9 Å². The Morgan fingerprint density at radius 3 is 3.00 bits per heavy atom. The third kappa shape index (κ3) is 3.48. The minimum absolute atomic E-state index is 0.0140. The number of aryl methyl sites for hydroxylation is 1. The number of rotatable bonds is 5. The molecular weight excluding hydrogens is 338 g/mol. The molecule has 1 fully saturated rings. The first-order valence-corrected chi connectivity index (χ1v) is 9.35. The van der Waals surface area contributed by atoms with Crippen molar-refractivity contribution in [2.75, 3.05) is 6.61 Å². The van der Waals surface area contributed by atoms with Gasteiger partial charge in [-0.25, -0.2) is 4.98 Å². The van der Waals surface area contributed by atoms with Crippen molar-refractivity contribution in [1.82, 2.24) is 14.7 Å². The molecule has 130 valence electrons. The van der Waals surface area contributed by atoms with Crippen LogP contribution in [0, 0.1) is 6.92 Å². The smallest absolute Gasteiger partial charge is 0.262 e. The molecule has 3 aromatic rings. The van der Waals surface area contributed by atoms with Crippen LogP contribution in [0.1, 0.15) is 24.3 Å². The Bertz CT molecular complexity index is 944. The first kappa shape index (κ1) is 16.4. The summed E-state index contributed by atoms with van der Waals surface area (Å²) in [6.07, 6.45) is 2.10. The van der Waals surface area contributed by atoms with E-state index >= 15 is 0 Å². The van der Waals surface area contributed by atoms with Gasteiger partial charge in [-0.1, -0.05) is 29.1 Å². The van der Waals surface area contributed by atoms with Gasteiger partial charge in [0, 0.05) is 18.4 Å². The highest BCUT2D eigenvalue weighted by Gasteiger charge is 2.20. The Labute approximate surface area is 149 Å². The standard InChI is InChI=1S/C18H19N3O3S/c1-12-9-13(20-24-12)11-25-18-19-16-7-3-2-6-15(16)17(22)21(18)10-14-5-4-8-23-14/h2-3,6-7,9,14H,4-5,8,10-11H2,1H3. The zero-order valence-electron chi connectivity index (χ0n) is 14.0. The van der Waals surface area contributed by atoms with Crippen molar-refractivity contribution in [2.45, 2.75) is 43.3 Å². The highest BCUT2D eigenvalue weighted by Crippen LogP contribution is 2.23. The molecule has 0 saturated carbocycles. The highest BCUT2D eigenvalue weighted by molar-refractivity contribution is 7.98. The fourth-order valence-corrected chi connectivity index (χ4v) is 3.92. The predicted octanol–water partition coefficient (Wildman–Crippen LogP) is 3.16. The van der Waals surface area contributed by atoms with Gasteiger partial charge in [0.15, 0.2) is 5.16 Å². The van der Waals surface area contributed by atoms with Gasteiger partial charge in [-0.3, -0.25) is 9.36 Å². The maximum absolute atomic E-state index is 13.0. The SMILES string of the molecule is Cc1cc(CSc2nc3ccccc3c(=O)n2CC2CCCO2)no1. The van der Waals surface area contributed by atoms with Gasteiger partial charge in [0.1, 0.15) is 5.76 Å². The van der Waals surface area contributed by atoms with Crippen LogP contribution < -0.4 is 5.56 Å². The molecule has 1 aliphatic rings. The van der Waals surface area contributed by atoms with Crippen molar-refractivity contribution >= 4 is 22.7 Å². The third-order valence-electron chi connectivity index (χ3n) is 4.26. The van der Waals surface area contributed by atoms with Gasteiger partial charge in [0.25, 0.3) is 5.56 Å². The van der Waals surface area contributed by atoms with Crippen LogP contribution >= 0.6 is 11.8 Å². The fourth-order valence-electron chi connectivity index (χ4n) is 3.04. The summed E-state index contributed by atoms with van der Waals surface area (Å²) in [5, 5.41) is 5.35. The number of benzene rings is 1. The second kappa shape index (κ2) is 7.01. The van der Waals surface area contributed by atoms with Gasteiger partial charge in [-0.05, 0) is 31.9 Å². The Morgan fingerprint density at radius 2 is 2.24 bits per heavy atom. The maximum atomic E-state index is 13.0. The van der Waals surface area contributed by atoms with E-state index in [-0.39, 0.29) is 11.7 Å². The zero-order chi connectivity index (χ0) is 17.2. The van der Waals surface area contributed by atoms with Crippen molar-refractivity contribution in [2.24, 2.45) is 0 Å². The van der Waals surface area contributed by atoms with Crippen LogP contribution in [0.15, 0.2) is 44.8 Å². The Hall–Kier alpha value is -2.12. The summed E-state index contributed by atoms with van der Waals surface area (Å²) >= 11 is 1.50. The van der Waals surface area contributed by atoms with Gasteiger partial charge in [0.05, 0.1) is 29.2 Å². The number of ether oxygens (including phenoxy) is 1.